The van der Waals surface area contributed by atoms with Gasteiger partial charge in [0.2, 0.25) is 0 Å². The highest BCUT2D eigenvalue weighted by Gasteiger charge is 2.19. The zero-order valence-corrected chi connectivity index (χ0v) is 18.7. The van der Waals surface area contributed by atoms with E-state index in [0.717, 1.165) is 39.7 Å². The number of thiazole rings is 1. The number of rotatable bonds is 6. The van der Waals surface area contributed by atoms with Gasteiger partial charge in [-0.3, -0.25) is 10.1 Å². The van der Waals surface area contributed by atoms with Gasteiger partial charge in [0.05, 0.1) is 5.69 Å². The van der Waals surface area contributed by atoms with E-state index in [1.807, 2.05) is 26.8 Å². The molecule has 27 heavy (non-hydrogen) atoms. The van der Waals surface area contributed by atoms with E-state index in [0.29, 0.717) is 22.2 Å². The first-order valence-corrected chi connectivity index (χ1v) is 10.5. The number of hydrogen-bond donors (Lipinski definition) is 3. The molecule has 0 spiro atoms. The summed E-state index contributed by atoms with van der Waals surface area (Å²) >= 11 is 4.73. The minimum atomic E-state index is -0.307. The molecule has 146 valence electrons. The van der Waals surface area contributed by atoms with E-state index in [1.165, 1.54) is 11.3 Å². The molecule has 8 heteroatoms. The second kappa shape index (κ2) is 9.32. The summed E-state index contributed by atoms with van der Waals surface area (Å²) in [6.45, 7) is 10.4. The van der Waals surface area contributed by atoms with Crippen LogP contribution in [0.15, 0.2) is 10.5 Å². The Morgan fingerprint density at radius 2 is 1.85 bits per heavy atom. The molecule has 0 aliphatic rings. The van der Waals surface area contributed by atoms with Crippen LogP contribution in [0.25, 0.3) is 0 Å². The molecule has 3 N–H and O–H groups in total. The Bertz CT molecular complexity index is 864. The second-order valence-corrected chi connectivity index (χ2v) is 8.24. The van der Waals surface area contributed by atoms with Gasteiger partial charge in [0.25, 0.3) is 5.91 Å². The first-order valence-electron chi connectivity index (χ1n) is 8.84. The lowest BCUT2D eigenvalue weighted by Crippen LogP contribution is -2.29. The Kier molecular flexibility index (Phi) is 7.38. The topological polar surface area (TPSA) is 83.1 Å². The van der Waals surface area contributed by atoms with E-state index in [2.05, 4.69) is 43.8 Å². The van der Waals surface area contributed by atoms with Gasteiger partial charge in [0.15, 0.2) is 5.13 Å². The van der Waals surface area contributed by atoms with Crippen LogP contribution in [0.1, 0.15) is 51.8 Å². The Balaban J connectivity index is 2.13. The fourth-order valence-corrected chi connectivity index (χ4v) is 3.87. The first kappa shape index (κ1) is 21.4. The van der Waals surface area contributed by atoms with Crippen LogP contribution >= 0.6 is 27.3 Å². The molecule has 0 fully saturated rings. The number of nitrogens with one attached hydrogen (secondary N) is 3. The van der Waals surface area contributed by atoms with Crippen molar-refractivity contribution >= 4 is 50.0 Å². The zero-order valence-electron chi connectivity index (χ0n) is 16.2. The number of amides is 3. The molecule has 1 heterocycles. The van der Waals surface area contributed by atoms with Gasteiger partial charge >= 0.3 is 6.03 Å². The fourth-order valence-electron chi connectivity index (χ4n) is 2.70. The van der Waals surface area contributed by atoms with Crippen molar-refractivity contribution in [3.63, 3.8) is 0 Å². The molecule has 0 saturated carbocycles. The maximum absolute atomic E-state index is 12.8. The third kappa shape index (κ3) is 5.29. The molecule has 0 bridgehead atoms. The normalized spacial score (nSPS) is 10.6. The van der Waals surface area contributed by atoms with Crippen LogP contribution in [-0.2, 0) is 0 Å². The van der Waals surface area contributed by atoms with Gasteiger partial charge in [-0.15, -0.1) is 0 Å². The molecular weight excluding hydrogens is 428 g/mol. The SMILES string of the molecule is CCCCNC(=O)Nc1nc(C)c(C(=O)Nc2c(C)cc(C)c(Br)c2C)s1. The van der Waals surface area contributed by atoms with Crippen LogP contribution in [0.3, 0.4) is 0 Å². The number of anilines is 2. The van der Waals surface area contributed by atoms with Gasteiger partial charge in [0.1, 0.15) is 4.88 Å². The standard InChI is InChI=1S/C19H25BrN4O2S/c1-6-7-8-21-18(26)24-19-22-13(5)16(27-19)17(25)23-15-11(3)9-10(2)14(20)12(15)4/h9H,6-8H2,1-5H3,(H,23,25)(H2,21,22,24,26). The number of aryl methyl sites for hydroxylation is 3. The van der Waals surface area contributed by atoms with Gasteiger partial charge in [0, 0.05) is 16.7 Å². The molecule has 0 saturated heterocycles. The van der Waals surface area contributed by atoms with Crippen LogP contribution in [-0.4, -0.2) is 23.5 Å². The second-order valence-electron chi connectivity index (χ2n) is 6.45. The van der Waals surface area contributed by atoms with Crippen LogP contribution in [0.2, 0.25) is 0 Å². The molecule has 0 aliphatic heterocycles. The van der Waals surface area contributed by atoms with Crippen molar-refractivity contribution in [2.24, 2.45) is 0 Å². The van der Waals surface area contributed by atoms with E-state index in [4.69, 9.17) is 0 Å². The van der Waals surface area contributed by atoms with Crippen LogP contribution in [0, 0.1) is 27.7 Å². The Morgan fingerprint density at radius 1 is 1.15 bits per heavy atom. The fraction of sp³-hybridized carbons (Fsp3) is 0.421. The van der Waals surface area contributed by atoms with Crippen molar-refractivity contribution in [3.05, 3.63) is 37.8 Å². The summed E-state index contributed by atoms with van der Waals surface area (Å²) in [5, 5.41) is 8.85. The molecule has 3 amide bonds. The summed E-state index contributed by atoms with van der Waals surface area (Å²) in [7, 11) is 0. The van der Waals surface area contributed by atoms with Crippen LogP contribution in [0.4, 0.5) is 15.6 Å². The highest BCUT2D eigenvalue weighted by atomic mass is 79.9. The van der Waals surface area contributed by atoms with Gasteiger partial charge < -0.3 is 10.6 Å². The summed E-state index contributed by atoms with van der Waals surface area (Å²) in [6, 6.07) is 1.72. The number of halogens is 1. The smallest absolute Gasteiger partial charge is 0.321 e. The molecular formula is C19H25BrN4O2S. The van der Waals surface area contributed by atoms with Gasteiger partial charge in [-0.1, -0.05) is 46.7 Å². The molecule has 0 aliphatic carbocycles. The first-order chi connectivity index (χ1) is 12.7. The number of aromatic nitrogens is 1. The summed E-state index contributed by atoms with van der Waals surface area (Å²) in [4.78, 5) is 29.4. The lowest BCUT2D eigenvalue weighted by atomic mass is 10.0. The minimum absolute atomic E-state index is 0.230. The highest BCUT2D eigenvalue weighted by Crippen LogP contribution is 2.32. The van der Waals surface area contributed by atoms with Crippen molar-refractivity contribution in [1.29, 1.82) is 0 Å². The van der Waals surface area contributed by atoms with E-state index >= 15 is 0 Å². The van der Waals surface area contributed by atoms with Gasteiger partial charge in [-0.25, -0.2) is 9.78 Å². The number of unbranched alkanes of at least 4 members (excludes halogenated alkanes) is 1. The van der Waals surface area contributed by atoms with Crippen LogP contribution < -0.4 is 16.0 Å². The van der Waals surface area contributed by atoms with Crippen molar-refractivity contribution < 1.29 is 9.59 Å². The number of carbonyl (C=O) groups is 2. The van der Waals surface area contributed by atoms with Crippen molar-refractivity contribution in [2.45, 2.75) is 47.5 Å². The predicted octanol–water partition coefficient (Wildman–Crippen LogP) is 5.31. The molecule has 0 unspecified atom stereocenters. The number of nitrogens with zero attached hydrogens (tertiary/aromatic N) is 1. The Hall–Kier alpha value is -1.93. The van der Waals surface area contributed by atoms with Crippen molar-refractivity contribution in [3.8, 4) is 0 Å². The summed E-state index contributed by atoms with van der Waals surface area (Å²) in [6.07, 6.45) is 1.93. The molecule has 1 aromatic carbocycles. The number of urea groups is 1. The summed E-state index contributed by atoms with van der Waals surface area (Å²) < 4.78 is 0.982. The molecule has 0 atom stereocenters. The molecule has 2 rings (SSSR count). The Morgan fingerprint density at radius 3 is 2.52 bits per heavy atom. The summed E-state index contributed by atoms with van der Waals surface area (Å²) in [5.41, 5.74) is 4.48. The third-order valence-corrected chi connectivity index (χ3v) is 6.45. The third-order valence-electron chi connectivity index (χ3n) is 4.16. The minimum Gasteiger partial charge on any atom is -0.338 e. The zero-order chi connectivity index (χ0) is 20.1. The average Bonchev–Trinajstić information content (AvgIpc) is 2.97. The summed E-state index contributed by atoms with van der Waals surface area (Å²) in [5.74, 6) is -0.230. The molecule has 6 nitrogen and oxygen atoms in total. The highest BCUT2D eigenvalue weighted by molar-refractivity contribution is 9.10. The number of carbonyl (C=O) groups excluding carboxylic acids is 2. The monoisotopic (exact) mass is 452 g/mol. The lowest BCUT2D eigenvalue weighted by Gasteiger charge is -2.14. The van der Waals surface area contributed by atoms with E-state index in [-0.39, 0.29) is 11.9 Å². The Labute approximate surface area is 172 Å². The lowest BCUT2D eigenvalue weighted by molar-refractivity contribution is 0.102. The van der Waals surface area contributed by atoms with Gasteiger partial charge in [-0.05, 0) is 50.8 Å². The largest absolute Gasteiger partial charge is 0.338 e. The number of benzene rings is 1. The molecule has 1 aromatic heterocycles. The quantitative estimate of drug-likeness (QED) is 0.518. The van der Waals surface area contributed by atoms with Crippen molar-refractivity contribution in [2.75, 3.05) is 17.2 Å². The molecule has 2 aromatic rings. The van der Waals surface area contributed by atoms with E-state index < -0.39 is 0 Å². The average molecular weight is 453 g/mol. The van der Waals surface area contributed by atoms with E-state index in [9.17, 15) is 9.59 Å². The van der Waals surface area contributed by atoms with E-state index in [1.54, 1.807) is 6.92 Å². The van der Waals surface area contributed by atoms with Crippen LogP contribution in [0.5, 0.6) is 0 Å². The van der Waals surface area contributed by atoms with Gasteiger partial charge in [-0.2, -0.15) is 0 Å². The van der Waals surface area contributed by atoms with Crippen molar-refractivity contribution in [1.82, 2.24) is 10.3 Å². The maximum Gasteiger partial charge on any atom is 0.321 e. The maximum atomic E-state index is 12.8. The number of hydrogen-bond acceptors (Lipinski definition) is 4. The molecule has 0 radical (unpaired) electrons. The predicted molar refractivity (Wildman–Crippen MR) is 115 cm³/mol.